The van der Waals surface area contributed by atoms with Crippen molar-refractivity contribution in [1.29, 1.82) is 0 Å². The summed E-state index contributed by atoms with van der Waals surface area (Å²) >= 11 is 1.65. The molecule has 3 heterocycles. The number of thiophene rings is 1. The molecule has 0 amide bonds. The van der Waals surface area contributed by atoms with E-state index in [4.69, 9.17) is 0 Å². The lowest BCUT2D eigenvalue weighted by Gasteiger charge is -2.00. The second-order valence-corrected chi connectivity index (χ2v) is 4.69. The zero-order chi connectivity index (χ0) is 12.9. The SMILES string of the molecule is c1ccc(N=Nc2ncccc2-c2cccs2)nc1. The fourth-order valence-corrected chi connectivity index (χ4v) is 2.36. The van der Waals surface area contributed by atoms with Gasteiger partial charge in [-0.15, -0.1) is 21.6 Å². The standard InChI is InChI=1S/C14H10N4S/c1-2-8-15-13(7-1)17-18-14-11(5-3-9-16-14)12-6-4-10-19-12/h1-10H. The number of rotatable bonds is 3. The molecule has 0 saturated heterocycles. The van der Waals surface area contributed by atoms with Gasteiger partial charge in [-0.25, -0.2) is 9.97 Å². The van der Waals surface area contributed by atoms with Gasteiger partial charge in [-0.1, -0.05) is 12.1 Å². The summed E-state index contributed by atoms with van der Waals surface area (Å²) in [5.74, 6) is 1.18. The molecule has 0 unspecified atom stereocenters. The van der Waals surface area contributed by atoms with Gasteiger partial charge in [0.05, 0.1) is 0 Å². The minimum atomic E-state index is 0.574. The third-order valence-electron chi connectivity index (χ3n) is 2.47. The highest BCUT2D eigenvalue weighted by Crippen LogP contribution is 2.32. The van der Waals surface area contributed by atoms with Crippen molar-refractivity contribution in [3.63, 3.8) is 0 Å². The van der Waals surface area contributed by atoms with Crippen LogP contribution in [0.4, 0.5) is 11.6 Å². The Bertz CT molecular complexity index is 678. The van der Waals surface area contributed by atoms with Crippen LogP contribution in [0, 0.1) is 0 Å². The zero-order valence-electron chi connectivity index (χ0n) is 9.97. The van der Waals surface area contributed by atoms with E-state index in [2.05, 4.69) is 20.2 Å². The second-order valence-electron chi connectivity index (χ2n) is 3.74. The van der Waals surface area contributed by atoms with Gasteiger partial charge in [0.2, 0.25) is 0 Å². The van der Waals surface area contributed by atoms with E-state index in [1.54, 1.807) is 29.8 Å². The quantitative estimate of drug-likeness (QED) is 0.649. The number of hydrogen-bond acceptors (Lipinski definition) is 5. The third-order valence-corrected chi connectivity index (χ3v) is 3.37. The molecule has 0 spiro atoms. The number of pyridine rings is 2. The molecule has 0 aliphatic carbocycles. The van der Waals surface area contributed by atoms with Gasteiger partial charge in [0.1, 0.15) is 0 Å². The van der Waals surface area contributed by atoms with Crippen molar-refractivity contribution in [2.24, 2.45) is 10.2 Å². The monoisotopic (exact) mass is 266 g/mol. The molecule has 0 aromatic carbocycles. The minimum Gasteiger partial charge on any atom is -0.236 e. The van der Waals surface area contributed by atoms with E-state index in [0.717, 1.165) is 10.4 Å². The van der Waals surface area contributed by atoms with Crippen molar-refractivity contribution in [1.82, 2.24) is 9.97 Å². The summed E-state index contributed by atoms with van der Waals surface area (Å²) in [6.07, 6.45) is 3.40. The van der Waals surface area contributed by atoms with E-state index in [-0.39, 0.29) is 0 Å². The molecule has 5 heteroatoms. The van der Waals surface area contributed by atoms with Crippen molar-refractivity contribution >= 4 is 23.0 Å². The van der Waals surface area contributed by atoms with Gasteiger partial charge >= 0.3 is 0 Å². The van der Waals surface area contributed by atoms with Crippen LogP contribution in [-0.2, 0) is 0 Å². The molecule has 3 aromatic heterocycles. The predicted molar refractivity (Wildman–Crippen MR) is 76.0 cm³/mol. The van der Waals surface area contributed by atoms with E-state index in [0.29, 0.717) is 11.6 Å². The molecule has 3 aromatic rings. The Morgan fingerprint density at radius 1 is 0.842 bits per heavy atom. The molecule has 0 fully saturated rings. The van der Waals surface area contributed by atoms with Gasteiger partial charge < -0.3 is 0 Å². The average molecular weight is 266 g/mol. The lowest BCUT2D eigenvalue weighted by Crippen LogP contribution is -1.78. The average Bonchev–Trinajstić information content (AvgIpc) is 3.01. The van der Waals surface area contributed by atoms with Crippen molar-refractivity contribution in [2.75, 3.05) is 0 Å². The van der Waals surface area contributed by atoms with E-state index < -0.39 is 0 Å². The molecule has 0 saturated carbocycles. The molecule has 0 aliphatic heterocycles. The molecule has 19 heavy (non-hydrogen) atoms. The van der Waals surface area contributed by atoms with Crippen LogP contribution in [0.3, 0.4) is 0 Å². The maximum Gasteiger partial charge on any atom is 0.183 e. The minimum absolute atomic E-state index is 0.574. The summed E-state index contributed by atoms with van der Waals surface area (Å²) in [5, 5.41) is 10.3. The number of hydrogen-bond donors (Lipinski definition) is 0. The van der Waals surface area contributed by atoms with Crippen LogP contribution in [0.2, 0.25) is 0 Å². The van der Waals surface area contributed by atoms with Gasteiger partial charge in [-0.2, -0.15) is 0 Å². The normalized spacial score (nSPS) is 10.9. The fraction of sp³-hybridized carbons (Fsp3) is 0. The van der Waals surface area contributed by atoms with Gasteiger partial charge in [0, 0.05) is 22.8 Å². The molecule has 4 nitrogen and oxygen atoms in total. The summed E-state index contributed by atoms with van der Waals surface area (Å²) in [6.45, 7) is 0. The largest absolute Gasteiger partial charge is 0.236 e. The molecule has 0 bridgehead atoms. The molecule has 92 valence electrons. The van der Waals surface area contributed by atoms with Crippen LogP contribution in [0.15, 0.2) is 70.5 Å². The van der Waals surface area contributed by atoms with Crippen LogP contribution in [0.5, 0.6) is 0 Å². The van der Waals surface area contributed by atoms with Crippen LogP contribution >= 0.6 is 11.3 Å². The van der Waals surface area contributed by atoms with Crippen LogP contribution < -0.4 is 0 Å². The van der Waals surface area contributed by atoms with Crippen molar-refractivity contribution in [2.45, 2.75) is 0 Å². The van der Waals surface area contributed by atoms with Gasteiger partial charge in [0.25, 0.3) is 0 Å². The highest BCUT2D eigenvalue weighted by atomic mass is 32.1. The second kappa shape index (κ2) is 5.49. The van der Waals surface area contributed by atoms with E-state index >= 15 is 0 Å². The fourth-order valence-electron chi connectivity index (χ4n) is 1.61. The molecule has 3 rings (SSSR count). The summed E-state index contributed by atoms with van der Waals surface area (Å²) in [4.78, 5) is 9.50. The third kappa shape index (κ3) is 2.71. The van der Waals surface area contributed by atoms with E-state index in [9.17, 15) is 0 Å². The summed E-state index contributed by atoms with van der Waals surface area (Å²) in [6, 6.07) is 13.5. The molecular weight excluding hydrogens is 256 g/mol. The molecule has 0 N–H and O–H groups in total. The summed E-state index contributed by atoms with van der Waals surface area (Å²) in [5.41, 5.74) is 0.984. The van der Waals surface area contributed by atoms with Gasteiger partial charge in [-0.05, 0) is 35.7 Å². The first-order chi connectivity index (χ1) is 9.43. The smallest absolute Gasteiger partial charge is 0.183 e. The molecule has 0 aliphatic rings. The lowest BCUT2D eigenvalue weighted by atomic mass is 10.2. The number of aromatic nitrogens is 2. The Balaban J connectivity index is 1.96. The Morgan fingerprint density at radius 2 is 1.79 bits per heavy atom. The maximum atomic E-state index is 4.27. The first-order valence-electron chi connectivity index (χ1n) is 5.75. The lowest BCUT2D eigenvalue weighted by molar-refractivity contribution is 1.12. The van der Waals surface area contributed by atoms with E-state index in [1.807, 2.05) is 41.8 Å². The Kier molecular flexibility index (Phi) is 3.38. The number of nitrogens with zero attached hydrogens (tertiary/aromatic N) is 4. The molecule has 0 radical (unpaired) electrons. The number of azo groups is 1. The first-order valence-corrected chi connectivity index (χ1v) is 6.63. The van der Waals surface area contributed by atoms with Gasteiger partial charge in [-0.3, -0.25) is 0 Å². The Morgan fingerprint density at radius 3 is 2.58 bits per heavy atom. The van der Waals surface area contributed by atoms with Crippen molar-refractivity contribution in [3.8, 4) is 10.4 Å². The van der Waals surface area contributed by atoms with Crippen LogP contribution in [-0.4, -0.2) is 9.97 Å². The van der Waals surface area contributed by atoms with E-state index in [1.165, 1.54) is 0 Å². The van der Waals surface area contributed by atoms with Crippen molar-refractivity contribution in [3.05, 3.63) is 60.2 Å². The van der Waals surface area contributed by atoms with Crippen LogP contribution in [0.25, 0.3) is 10.4 Å². The summed E-state index contributed by atoms with van der Waals surface area (Å²) in [7, 11) is 0. The first kappa shape index (κ1) is 11.7. The predicted octanol–water partition coefficient (Wildman–Crippen LogP) is 4.62. The highest BCUT2D eigenvalue weighted by molar-refractivity contribution is 7.13. The zero-order valence-corrected chi connectivity index (χ0v) is 10.8. The topological polar surface area (TPSA) is 50.5 Å². The highest BCUT2D eigenvalue weighted by Gasteiger charge is 2.05. The maximum absolute atomic E-state index is 4.27. The van der Waals surface area contributed by atoms with Gasteiger partial charge in [0.15, 0.2) is 11.6 Å². The van der Waals surface area contributed by atoms with Crippen LogP contribution in [0.1, 0.15) is 0 Å². The molecule has 0 atom stereocenters. The Labute approximate surface area is 114 Å². The Hall–Kier alpha value is -2.40. The van der Waals surface area contributed by atoms with Crippen molar-refractivity contribution < 1.29 is 0 Å². The summed E-state index contributed by atoms with van der Waals surface area (Å²) < 4.78 is 0. The molecular formula is C14H10N4S.